The van der Waals surface area contributed by atoms with E-state index in [0.717, 1.165) is 26.7 Å². The molecule has 0 unspecified atom stereocenters. The molecule has 2 N–H and O–H groups in total. The molecule has 4 aromatic rings. The minimum atomic E-state index is -0.348. The molecule has 1 amide bonds. The molecule has 29 heavy (non-hydrogen) atoms. The molecule has 2 aromatic heterocycles. The summed E-state index contributed by atoms with van der Waals surface area (Å²) in [4.78, 5) is 16.5. The van der Waals surface area contributed by atoms with Crippen molar-refractivity contribution in [1.29, 1.82) is 0 Å². The molecule has 0 bridgehead atoms. The van der Waals surface area contributed by atoms with Crippen LogP contribution in [0.4, 0.5) is 0 Å². The van der Waals surface area contributed by atoms with E-state index >= 15 is 0 Å². The number of aromatic nitrogens is 3. The normalized spacial score (nSPS) is 11.2. The molecule has 7 nitrogen and oxygen atoms in total. The van der Waals surface area contributed by atoms with Crippen LogP contribution in [0.1, 0.15) is 21.6 Å². The predicted molar refractivity (Wildman–Crippen MR) is 116 cm³/mol. The molecule has 2 heterocycles. The molecule has 146 valence electrons. The number of H-pyrrole nitrogens is 1. The van der Waals surface area contributed by atoms with E-state index in [-0.39, 0.29) is 5.91 Å². The van der Waals surface area contributed by atoms with Gasteiger partial charge in [-0.15, -0.1) is 11.3 Å². The van der Waals surface area contributed by atoms with Crippen LogP contribution in [0.3, 0.4) is 0 Å². The van der Waals surface area contributed by atoms with E-state index in [9.17, 15) is 4.79 Å². The van der Waals surface area contributed by atoms with Crippen molar-refractivity contribution in [2.45, 2.75) is 10.1 Å². The molecule has 9 heteroatoms. The molecular formula is C20H17N5O2S2. The van der Waals surface area contributed by atoms with E-state index in [1.54, 1.807) is 42.5 Å². The summed E-state index contributed by atoms with van der Waals surface area (Å²) in [7, 11) is 1.65. The number of methoxy groups -OCH3 is 1. The van der Waals surface area contributed by atoms with Crippen LogP contribution in [0.2, 0.25) is 0 Å². The smallest absolute Gasteiger partial charge is 0.289 e. The SMILES string of the molecule is COc1ccc(/C=N/NC(=O)c2ccn[nH]2)cc1CSc1nc2ccccc2s1. The van der Waals surface area contributed by atoms with Gasteiger partial charge in [-0.25, -0.2) is 10.4 Å². The van der Waals surface area contributed by atoms with Crippen LogP contribution in [0.25, 0.3) is 10.2 Å². The standard InChI is InChI=1S/C20H17N5O2S2/c1-27-17-7-6-13(11-22-25-19(26)16-8-9-21-24-16)10-14(17)12-28-20-23-15-4-2-3-5-18(15)29-20/h2-11H,12H2,1H3,(H,21,24)(H,25,26)/b22-11+. The number of hydrogen-bond acceptors (Lipinski definition) is 7. The van der Waals surface area contributed by atoms with Crippen LogP contribution in [0, 0.1) is 0 Å². The number of amides is 1. The van der Waals surface area contributed by atoms with Crippen LogP contribution >= 0.6 is 23.1 Å². The maximum absolute atomic E-state index is 11.9. The van der Waals surface area contributed by atoms with Gasteiger partial charge in [-0.2, -0.15) is 10.2 Å². The fourth-order valence-corrected chi connectivity index (χ4v) is 4.70. The quantitative estimate of drug-likeness (QED) is 0.265. The average molecular weight is 424 g/mol. The molecule has 0 aliphatic carbocycles. The van der Waals surface area contributed by atoms with Gasteiger partial charge in [0.25, 0.3) is 5.91 Å². The molecule has 0 saturated heterocycles. The summed E-state index contributed by atoms with van der Waals surface area (Å²) in [6, 6.07) is 15.5. The van der Waals surface area contributed by atoms with Crippen molar-refractivity contribution in [1.82, 2.24) is 20.6 Å². The van der Waals surface area contributed by atoms with Crippen molar-refractivity contribution in [3.63, 3.8) is 0 Å². The third kappa shape index (κ3) is 4.64. The van der Waals surface area contributed by atoms with Gasteiger partial charge in [0.2, 0.25) is 0 Å². The molecule has 0 spiro atoms. The van der Waals surface area contributed by atoms with E-state index < -0.39 is 0 Å². The molecule has 0 fully saturated rings. The summed E-state index contributed by atoms with van der Waals surface area (Å²) in [5.74, 6) is 1.17. The molecular weight excluding hydrogens is 406 g/mol. The van der Waals surface area contributed by atoms with E-state index in [2.05, 4.69) is 31.8 Å². The average Bonchev–Trinajstić information content (AvgIpc) is 3.42. The third-order valence-electron chi connectivity index (χ3n) is 4.05. The van der Waals surface area contributed by atoms with E-state index in [1.165, 1.54) is 10.9 Å². The maximum atomic E-state index is 11.9. The second-order valence-electron chi connectivity index (χ2n) is 5.98. The van der Waals surface area contributed by atoms with E-state index in [0.29, 0.717) is 11.4 Å². The zero-order valence-corrected chi connectivity index (χ0v) is 17.1. The predicted octanol–water partition coefficient (Wildman–Crippen LogP) is 4.08. The topological polar surface area (TPSA) is 92.3 Å². The number of hydrogen-bond donors (Lipinski definition) is 2. The number of carbonyl (C=O) groups excluding carboxylic acids is 1. The first-order valence-corrected chi connectivity index (χ1v) is 10.5. The molecule has 0 radical (unpaired) electrons. The minimum absolute atomic E-state index is 0.348. The largest absolute Gasteiger partial charge is 0.496 e. The van der Waals surface area contributed by atoms with Gasteiger partial charge < -0.3 is 4.74 Å². The highest BCUT2D eigenvalue weighted by Crippen LogP contribution is 2.33. The maximum Gasteiger partial charge on any atom is 0.289 e. The van der Waals surface area contributed by atoms with Crippen molar-refractivity contribution >= 4 is 45.4 Å². The summed E-state index contributed by atoms with van der Waals surface area (Å²) in [6.45, 7) is 0. The van der Waals surface area contributed by atoms with Crippen molar-refractivity contribution < 1.29 is 9.53 Å². The first-order chi connectivity index (χ1) is 14.2. The van der Waals surface area contributed by atoms with Crippen molar-refractivity contribution in [3.8, 4) is 5.75 Å². The van der Waals surface area contributed by atoms with Crippen LogP contribution in [0.15, 0.2) is 64.2 Å². The summed E-state index contributed by atoms with van der Waals surface area (Å²) < 4.78 is 7.67. The van der Waals surface area contributed by atoms with Crippen molar-refractivity contribution in [3.05, 3.63) is 71.5 Å². The first-order valence-electron chi connectivity index (χ1n) is 8.71. The molecule has 0 atom stereocenters. The zero-order valence-electron chi connectivity index (χ0n) is 15.5. The van der Waals surface area contributed by atoms with E-state index in [4.69, 9.17) is 4.74 Å². The lowest BCUT2D eigenvalue weighted by Gasteiger charge is -2.08. The minimum Gasteiger partial charge on any atom is -0.496 e. The number of carbonyl (C=O) groups is 1. The van der Waals surface area contributed by atoms with Crippen LogP contribution < -0.4 is 10.2 Å². The lowest BCUT2D eigenvalue weighted by Crippen LogP contribution is -2.18. The summed E-state index contributed by atoms with van der Waals surface area (Å²) in [5.41, 5.74) is 5.72. The van der Waals surface area contributed by atoms with Gasteiger partial charge in [-0.3, -0.25) is 9.89 Å². The molecule has 0 aliphatic heterocycles. The molecule has 0 saturated carbocycles. The Morgan fingerprint density at radius 2 is 2.21 bits per heavy atom. The van der Waals surface area contributed by atoms with Gasteiger partial charge in [0.1, 0.15) is 11.4 Å². The highest BCUT2D eigenvalue weighted by molar-refractivity contribution is 8.00. The number of aromatic amines is 1. The number of benzene rings is 2. The van der Waals surface area contributed by atoms with Gasteiger partial charge in [0, 0.05) is 17.5 Å². The molecule has 4 rings (SSSR count). The van der Waals surface area contributed by atoms with Gasteiger partial charge in [0.15, 0.2) is 4.34 Å². The monoisotopic (exact) mass is 423 g/mol. The Morgan fingerprint density at radius 3 is 3.00 bits per heavy atom. The van der Waals surface area contributed by atoms with Crippen LogP contribution in [0.5, 0.6) is 5.75 Å². The first kappa shape index (κ1) is 19.2. The zero-order chi connectivity index (χ0) is 20.1. The number of nitrogens with zero attached hydrogens (tertiary/aromatic N) is 3. The number of nitrogens with one attached hydrogen (secondary N) is 2. The highest BCUT2D eigenvalue weighted by Gasteiger charge is 2.09. The number of thiazole rings is 1. The van der Waals surface area contributed by atoms with Gasteiger partial charge >= 0.3 is 0 Å². The van der Waals surface area contributed by atoms with Crippen LogP contribution in [-0.2, 0) is 5.75 Å². The Labute approximate surface area is 175 Å². The number of hydrazone groups is 1. The summed E-state index contributed by atoms with van der Waals surface area (Å²) >= 11 is 3.35. The fraction of sp³-hybridized carbons (Fsp3) is 0.100. The van der Waals surface area contributed by atoms with Crippen molar-refractivity contribution in [2.24, 2.45) is 5.10 Å². The summed E-state index contributed by atoms with van der Waals surface area (Å²) in [6.07, 6.45) is 3.11. The Balaban J connectivity index is 1.44. The third-order valence-corrected chi connectivity index (χ3v) is 6.28. The number of rotatable bonds is 7. The van der Waals surface area contributed by atoms with E-state index in [1.807, 2.05) is 36.4 Å². The van der Waals surface area contributed by atoms with Gasteiger partial charge in [0.05, 0.1) is 23.5 Å². The molecule has 2 aromatic carbocycles. The Bertz CT molecular complexity index is 1120. The Kier molecular flexibility index (Phi) is 5.87. The van der Waals surface area contributed by atoms with Gasteiger partial charge in [-0.05, 0) is 42.0 Å². The fourth-order valence-electron chi connectivity index (χ4n) is 2.65. The number of fused-ring (bicyclic) bond motifs is 1. The lowest BCUT2D eigenvalue weighted by molar-refractivity contribution is 0.0950. The number of para-hydroxylation sites is 1. The number of ether oxygens (including phenoxy) is 1. The van der Waals surface area contributed by atoms with Crippen LogP contribution in [-0.4, -0.2) is 34.4 Å². The molecule has 0 aliphatic rings. The number of thioether (sulfide) groups is 1. The summed E-state index contributed by atoms with van der Waals surface area (Å²) in [5, 5.41) is 10.3. The van der Waals surface area contributed by atoms with Gasteiger partial charge in [-0.1, -0.05) is 23.9 Å². The Morgan fingerprint density at radius 1 is 1.31 bits per heavy atom. The second kappa shape index (κ2) is 8.89. The lowest BCUT2D eigenvalue weighted by atomic mass is 10.1. The van der Waals surface area contributed by atoms with Crippen molar-refractivity contribution in [2.75, 3.05) is 7.11 Å². The Hall–Kier alpha value is -3.17. The second-order valence-corrected chi connectivity index (χ2v) is 8.23. The highest BCUT2D eigenvalue weighted by atomic mass is 32.2.